The number of alkyl halides is 3. The zero-order valence-corrected chi connectivity index (χ0v) is 26.0. The van der Waals surface area contributed by atoms with Crippen LogP contribution in [0.1, 0.15) is 53.5 Å². The number of carbonyl (C=O) groups excluding carboxylic acids is 1. The molecule has 2 aliphatic heterocycles. The normalized spacial score (nSPS) is 17.8. The molecule has 12 heteroatoms. The molecule has 0 spiro atoms. The molecule has 6 rings (SSSR count). The van der Waals surface area contributed by atoms with E-state index >= 15 is 0 Å². The molecule has 2 N–H and O–H groups in total. The summed E-state index contributed by atoms with van der Waals surface area (Å²) in [5.41, 5.74) is 3.72. The Balaban J connectivity index is 1.18. The summed E-state index contributed by atoms with van der Waals surface area (Å²) in [6.45, 7) is 12.8. The number of amides is 2. The Bertz CT molecular complexity index is 1710. The summed E-state index contributed by atoms with van der Waals surface area (Å²) < 4.78 is 48.7. The first-order valence-electron chi connectivity index (χ1n) is 15.3. The lowest BCUT2D eigenvalue weighted by atomic mass is 9.96. The van der Waals surface area contributed by atoms with Crippen LogP contribution in [-0.4, -0.2) is 75.0 Å². The van der Waals surface area contributed by atoms with Crippen molar-refractivity contribution < 1.29 is 22.7 Å². The average molecular weight is 622 g/mol. The Morgan fingerprint density at radius 1 is 1.07 bits per heavy atom. The maximum Gasteiger partial charge on any atom is 0.416 e. The maximum absolute atomic E-state index is 14.1. The number of halogens is 3. The Labute approximate surface area is 260 Å². The SMILES string of the molecule is CCN1CCN(Cc2ccc(NC(=O)N3Cc4cc(Oc5ccnc6[nH]c(C)cc56)c(C)nc4C(C)C3)cc2C(F)(F)F)CC1. The van der Waals surface area contributed by atoms with Gasteiger partial charge in [0.1, 0.15) is 17.1 Å². The van der Waals surface area contributed by atoms with Crippen LogP contribution < -0.4 is 10.1 Å². The topological polar surface area (TPSA) is 89.6 Å². The fourth-order valence-electron chi connectivity index (χ4n) is 6.25. The number of aromatic nitrogens is 3. The molecule has 238 valence electrons. The first-order valence-corrected chi connectivity index (χ1v) is 15.3. The molecule has 1 unspecified atom stereocenters. The average Bonchev–Trinajstić information content (AvgIpc) is 3.39. The summed E-state index contributed by atoms with van der Waals surface area (Å²) in [6, 6.07) is 9.28. The summed E-state index contributed by atoms with van der Waals surface area (Å²) in [7, 11) is 0. The summed E-state index contributed by atoms with van der Waals surface area (Å²) in [4.78, 5) is 31.7. The lowest BCUT2D eigenvalue weighted by molar-refractivity contribution is -0.138. The van der Waals surface area contributed by atoms with Gasteiger partial charge in [-0.3, -0.25) is 9.88 Å². The van der Waals surface area contributed by atoms with Crippen LogP contribution in [0.5, 0.6) is 11.5 Å². The molecular formula is C33H38F3N7O2. The highest BCUT2D eigenvalue weighted by molar-refractivity contribution is 5.89. The molecule has 9 nitrogen and oxygen atoms in total. The number of urea groups is 1. The number of anilines is 1. The van der Waals surface area contributed by atoms with E-state index in [1.807, 2.05) is 37.8 Å². The molecule has 0 radical (unpaired) electrons. The van der Waals surface area contributed by atoms with E-state index in [2.05, 4.69) is 27.1 Å². The monoisotopic (exact) mass is 621 g/mol. The third-order valence-corrected chi connectivity index (χ3v) is 8.71. The number of benzene rings is 1. The smallest absolute Gasteiger partial charge is 0.416 e. The van der Waals surface area contributed by atoms with Gasteiger partial charge in [0, 0.05) is 69.3 Å². The van der Waals surface area contributed by atoms with Gasteiger partial charge in [-0.2, -0.15) is 13.2 Å². The molecule has 2 aliphatic rings. The molecule has 0 saturated carbocycles. The second-order valence-electron chi connectivity index (χ2n) is 12.0. The van der Waals surface area contributed by atoms with Crippen LogP contribution >= 0.6 is 0 Å². The number of fused-ring (bicyclic) bond motifs is 2. The van der Waals surface area contributed by atoms with Crippen LogP contribution in [0, 0.1) is 13.8 Å². The third kappa shape index (κ3) is 6.62. The number of aryl methyl sites for hydroxylation is 2. The van der Waals surface area contributed by atoms with Gasteiger partial charge < -0.3 is 24.8 Å². The first-order chi connectivity index (χ1) is 21.5. The summed E-state index contributed by atoms with van der Waals surface area (Å²) in [6.07, 6.45) is -2.87. The van der Waals surface area contributed by atoms with Gasteiger partial charge in [0.15, 0.2) is 0 Å². The number of likely N-dealkylation sites (N-methyl/N-ethyl adjacent to an activating group) is 1. The lowest BCUT2D eigenvalue weighted by Gasteiger charge is -2.34. The number of carbonyl (C=O) groups is 1. The highest BCUT2D eigenvalue weighted by atomic mass is 19.4. The number of rotatable bonds is 6. The van der Waals surface area contributed by atoms with Gasteiger partial charge in [-0.1, -0.05) is 19.9 Å². The van der Waals surface area contributed by atoms with Crippen molar-refractivity contribution in [2.45, 2.75) is 52.9 Å². The van der Waals surface area contributed by atoms with Gasteiger partial charge in [-0.25, -0.2) is 9.78 Å². The number of nitrogens with zero attached hydrogens (tertiary/aromatic N) is 5. The number of ether oxygens (including phenoxy) is 1. The van der Waals surface area contributed by atoms with Gasteiger partial charge in [0.2, 0.25) is 0 Å². The van der Waals surface area contributed by atoms with Crippen molar-refractivity contribution in [1.29, 1.82) is 0 Å². The number of hydrogen-bond acceptors (Lipinski definition) is 6. The standard InChI is InChI=1S/C33H38F3N7O2/c1-5-41-10-12-42(13-11-41)18-23-6-7-25(16-27(23)33(34,35)36)40-32(44)43-17-20(2)30-24(19-43)15-29(22(4)39-30)45-28-8-9-37-31-26(28)14-21(3)38-31/h6-9,14-16,20H,5,10-13,17-19H2,1-4H3,(H,37,38)(H,40,44). The lowest BCUT2D eigenvalue weighted by Crippen LogP contribution is -2.45. The van der Waals surface area contributed by atoms with E-state index < -0.39 is 17.8 Å². The van der Waals surface area contributed by atoms with E-state index in [1.54, 1.807) is 23.2 Å². The van der Waals surface area contributed by atoms with Crippen LogP contribution in [0.15, 0.2) is 42.6 Å². The number of piperazine rings is 1. The number of H-pyrrole nitrogens is 1. The molecule has 45 heavy (non-hydrogen) atoms. The largest absolute Gasteiger partial charge is 0.455 e. The van der Waals surface area contributed by atoms with E-state index in [1.165, 1.54) is 6.07 Å². The summed E-state index contributed by atoms with van der Waals surface area (Å²) in [5.74, 6) is 1.13. The van der Waals surface area contributed by atoms with Crippen molar-refractivity contribution in [1.82, 2.24) is 29.7 Å². The molecule has 1 aromatic carbocycles. The van der Waals surface area contributed by atoms with Crippen LogP contribution in [0.25, 0.3) is 11.0 Å². The first kappa shape index (κ1) is 30.8. The van der Waals surface area contributed by atoms with Crippen molar-refractivity contribution in [3.8, 4) is 11.5 Å². The number of pyridine rings is 2. The van der Waals surface area contributed by atoms with Gasteiger partial charge in [-0.15, -0.1) is 0 Å². The van der Waals surface area contributed by atoms with Crippen LogP contribution in [0.3, 0.4) is 0 Å². The minimum absolute atomic E-state index is 0.0755. The van der Waals surface area contributed by atoms with Gasteiger partial charge in [0.25, 0.3) is 0 Å². The van der Waals surface area contributed by atoms with Crippen LogP contribution in [-0.2, 0) is 19.3 Å². The molecule has 3 aromatic heterocycles. The van der Waals surface area contributed by atoms with Crippen molar-refractivity contribution in [2.24, 2.45) is 0 Å². The van der Waals surface area contributed by atoms with E-state index in [0.29, 0.717) is 18.0 Å². The third-order valence-electron chi connectivity index (χ3n) is 8.71. The van der Waals surface area contributed by atoms with Crippen LogP contribution in [0.2, 0.25) is 0 Å². The van der Waals surface area contributed by atoms with Crippen LogP contribution in [0.4, 0.5) is 23.7 Å². The molecule has 1 atom stereocenters. The van der Waals surface area contributed by atoms with E-state index in [0.717, 1.165) is 72.5 Å². The molecule has 0 aliphatic carbocycles. The fraction of sp³-hybridized carbons (Fsp3) is 0.424. The number of nitrogens with one attached hydrogen (secondary N) is 2. The van der Waals surface area contributed by atoms with Crippen molar-refractivity contribution >= 4 is 22.8 Å². The Morgan fingerprint density at radius 3 is 2.56 bits per heavy atom. The zero-order chi connectivity index (χ0) is 31.9. The van der Waals surface area contributed by atoms with Crippen molar-refractivity contribution in [2.75, 3.05) is 44.6 Å². The molecular weight excluding hydrogens is 583 g/mol. The Hall–Kier alpha value is -4.16. The Kier molecular flexibility index (Phi) is 8.45. The number of aromatic amines is 1. The zero-order valence-electron chi connectivity index (χ0n) is 26.0. The molecule has 2 amide bonds. The minimum atomic E-state index is -4.54. The van der Waals surface area contributed by atoms with E-state index in [9.17, 15) is 18.0 Å². The van der Waals surface area contributed by atoms with E-state index in [4.69, 9.17) is 9.72 Å². The van der Waals surface area contributed by atoms with E-state index in [-0.39, 0.29) is 30.3 Å². The predicted octanol–water partition coefficient (Wildman–Crippen LogP) is 6.67. The molecule has 0 bridgehead atoms. The highest BCUT2D eigenvalue weighted by Crippen LogP contribution is 2.37. The molecule has 1 saturated heterocycles. The van der Waals surface area contributed by atoms with Gasteiger partial charge >= 0.3 is 12.2 Å². The van der Waals surface area contributed by atoms with Crippen molar-refractivity contribution in [3.05, 3.63) is 76.4 Å². The minimum Gasteiger partial charge on any atom is -0.455 e. The molecule has 1 fully saturated rings. The number of hydrogen-bond donors (Lipinski definition) is 2. The summed E-state index contributed by atoms with van der Waals surface area (Å²) >= 11 is 0. The van der Waals surface area contributed by atoms with Crippen molar-refractivity contribution in [3.63, 3.8) is 0 Å². The maximum atomic E-state index is 14.1. The quantitative estimate of drug-likeness (QED) is 0.250. The second kappa shape index (κ2) is 12.3. The van der Waals surface area contributed by atoms with Gasteiger partial charge in [-0.05, 0) is 61.9 Å². The fourth-order valence-corrected chi connectivity index (χ4v) is 6.25. The van der Waals surface area contributed by atoms with Gasteiger partial charge in [0.05, 0.1) is 22.3 Å². The summed E-state index contributed by atoms with van der Waals surface area (Å²) in [5, 5.41) is 3.56. The molecule has 4 aromatic rings. The molecule has 5 heterocycles. The predicted molar refractivity (Wildman–Crippen MR) is 167 cm³/mol. The highest BCUT2D eigenvalue weighted by Gasteiger charge is 2.35. The Morgan fingerprint density at radius 2 is 1.82 bits per heavy atom. The second-order valence-corrected chi connectivity index (χ2v) is 12.0.